The topological polar surface area (TPSA) is 91.3 Å². The second-order valence-electron chi connectivity index (χ2n) is 7.10. The van der Waals surface area contributed by atoms with Gasteiger partial charge in [0.05, 0.1) is 15.2 Å². The highest BCUT2D eigenvalue weighted by atomic mass is 32.1. The third kappa shape index (κ3) is 6.25. The van der Waals surface area contributed by atoms with Gasteiger partial charge >= 0.3 is 12.1 Å². The Hall–Kier alpha value is -2.98. The molecule has 0 unspecified atom stereocenters. The predicted molar refractivity (Wildman–Crippen MR) is 113 cm³/mol. The largest absolute Gasteiger partial charge is 0.490 e. The van der Waals surface area contributed by atoms with Crippen LogP contribution in [0.4, 0.5) is 18.9 Å². The molecule has 3 N–H and O–H groups in total. The van der Waals surface area contributed by atoms with E-state index < -0.39 is 12.1 Å². The highest BCUT2D eigenvalue weighted by Crippen LogP contribution is 2.24. The molecule has 3 aromatic rings. The van der Waals surface area contributed by atoms with Crippen LogP contribution >= 0.6 is 11.3 Å². The van der Waals surface area contributed by atoms with E-state index in [-0.39, 0.29) is 5.91 Å². The van der Waals surface area contributed by atoms with Crippen LogP contribution in [0.3, 0.4) is 0 Å². The van der Waals surface area contributed by atoms with Crippen molar-refractivity contribution in [2.75, 3.05) is 18.4 Å². The smallest absolute Gasteiger partial charge is 0.475 e. The van der Waals surface area contributed by atoms with E-state index in [0.717, 1.165) is 46.3 Å². The Bertz CT molecular complexity index is 1080. The number of carboxylic acids is 1. The van der Waals surface area contributed by atoms with Gasteiger partial charge < -0.3 is 15.7 Å². The first-order chi connectivity index (χ1) is 14.6. The molecule has 1 amide bonds. The van der Waals surface area contributed by atoms with Crippen LogP contribution in [0.25, 0.3) is 10.2 Å². The number of hydrogen-bond acceptors (Lipinski definition) is 5. The number of aliphatic carboxylic acids is 1. The molecule has 0 aliphatic carbocycles. The van der Waals surface area contributed by atoms with Crippen molar-refractivity contribution in [2.45, 2.75) is 19.5 Å². The highest BCUT2D eigenvalue weighted by molar-refractivity contribution is 7.18. The second-order valence-corrected chi connectivity index (χ2v) is 8.33. The van der Waals surface area contributed by atoms with Crippen LogP contribution < -0.4 is 10.6 Å². The maximum absolute atomic E-state index is 12.4. The minimum absolute atomic E-state index is 0.0850. The minimum atomic E-state index is -5.08. The number of aromatic nitrogens is 1. The summed E-state index contributed by atoms with van der Waals surface area (Å²) in [5, 5.41) is 14.4. The maximum Gasteiger partial charge on any atom is 0.490 e. The molecule has 6 nitrogen and oxygen atoms in total. The number of nitrogens with zero attached hydrogens (tertiary/aromatic N) is 1. The zero-order chi connectivity index (χ0) is 22.6. The Morgan fingerprint density at radius 2 is 1.84 bits per heavy atom. The number of carboxylic acid groups (broad SMARTS) is 1. The molecule has 1 fully saturated rings. The molecule has 1 aliphatic heterocycles. The van der Waals surface area contributed by atoms with Gasteiger partial charge in [0.25, 0.3) is 5.91 Å². The quantitative estimate of drug-likeness (QED) is 0.552. The molecule has 0 saturated carbocycles. The molecule has 0 atom stereocenters. The summed E-state index contributed by atoms with van der Waals surface area (Å²) < 4.78 is 32.9. The van der Waals surface area contributed by atoms with Crippen LogP contribution in [0, 0.1) is 12.8 Å². The number of nitrogens with one attached hydrogen (secondary N) is 2. The summed E-state index contributed by atoms with van der Waals surface area (Å²) in [6, 6.07) is 13.8. The molecule has 0 bridgehead atoms. The summed E-state index contributed by atoms with van der Waals surface area (Å²) in [4.78, 5) is 25.8. The fraction of sp³-hybridized carbons (Fsp3) is 0.286. The zero-order valence-electron chi connectivity index (χ0n) is 16.5. The van der Waals surface area contributed by atoms with E-state index in [9.17, 15) is 18.0 Å². The van der Waals surface area contributed by atoms with E-state index in [4.69, 9.17) is 9.90 Å². The number of alkyl halides is 3. The van der Waals surface area contributed by atoms with Crippen LogP contribution in [0.2, 0.25) is 0 Å². The third-order valence-electron chi connectivity index (χ3n) is 4.60. The van der Waals surface area contributed by atoms with Crippen molar-refractivity contribution in [3.05, 3.63) is 58.6 Å². The summed E-state index contributed by atoms with van der Waals surface area (Å²) >= 11 is 1.66. The van der Waals surface area contributed by atoms with E-state index in [0.29, 0.717) is 5.56 Å². The van der Waals surface area contributed by atoms with E-state index in [1.165, 1.54) is 5.56 Å². The normalized spacial score (nSPS) is 13.8. The summed E-state index contributed by atoms with van der Waals surface area (Å²) in [7, 11) is 0. The number of carbonyl (C=O) groups excluding carboxylic acids is 1. The van der Waals surface area contributed by atoms with Gasteiger partial charge in [-0.05, 0) is 68.2 Å². The number of hydrogen-bond donors (Lipinski definition) is 3. The van der Waals surface area contributed by atoms with Gasteiger partial charge in [0.2, 0.25) is 0 Å². The van der Waals surface area contributed by atoms with Gasteiger partial charge in [-0.2, -0.15) is 13.2 Å². The van der Waals surface area contributed by atoms with Crippen molar-refractivity contribution in [3.8, 4) is 0 Å². The number of amides is 1. The van der Waals surface area contributed by atoms with Gasteiger partial charge in [-0.25, -0.2) is 9.78 Å². The predicted octanol–water partition coefficient (Wildman–Crippen LogP) is 4.25. The molecule has 31 heavy (non-hydrogen) atoms. The zero-order valence-corrected chi connectivity index (χ0v) is 17.3. The molecular weight excluding hydrogens is 431 g/mol. The Balaban J connectivity index is 0.000000339. The monoisotopic (exact) mass is 451 g/mol. The third-order valence-corrected chi connectivity index (χ3v) is 5.55. The number of anilines is 1. The maximum atomic E-state index is 12.4. The fourth-order valence-electron chi connectivity index (χ4n) is 2.94. The number of aryl methyl sites for hydroxylation is 1. The molecule has 0 spiro atoms. The molecular formula is C21H20F3N3O3S. The first kappa shape index (κ1) is 22.7. The molecule has 2 aromatic carbocycles. The van der Waals surface area contributed by atoms with E-state index >= 15 is 0 Å². The van der Waals surface area contributed by atoms with Crippen LogP contribution in [0.1, 0.15) is 20.9 Å². The summed E-state index contributed by atoms with van der Waals surface area (Å²) in [6.07, 6.45) is -4.01. The average molecular weight is 451 g/mol. The Labute approximate surface area is 180 Å². The standard InChI is InChI=1S/C19H19N3OS.C2HF3O2/c1-12-21-17-9-16(6-7-18(17)24-12)22-19(23)15-4-2-13(3-5-15)8-14-10-20-11-14;3-2(4,5)1(6)7/h2-7,9,14,20H,8,10-11H2,1H3,(H,22,23);(H,6,7). The van der Waals surface area contributed by atoms with Crippen LogP contribution in [0.5, 0.6) is 0 Å². The van der Waals surface area contributed by atoms with E-state index in [1.807, 2.05) is 37.3 Å². The first-order valence-corrected chi connectivity index (χ1v) is 10.2. The number of carbonyl (C=O) groups is 2. The SMILES string of the molecule is Cc1nc2cc(NC(=O)c3ccc(CC4CNC4)cc3)ccc2s1.O=C(O)C(F)(F)F. The number of thiazole rings is 1. The molecule has 10 heteroatoms. The number of benzene rings is 2. The molecule has 2 heterocycles. The minimum Gasteiger partial charge on any atom is -0.475 e. The van der Waals surface area contributed by atoms with Gasteiger partial charge in [-0.15, -0.1) is 11.3 Å². The summed E-state index contributed by atoms with van der Waals surface area (Å²) in [6.45, 7) is 4.19. The van der Waals surface area contributed by atoms with Crippen molar-refractivity contribution in [1.29, 1.82) is 0 Å². The highest BCUT2D eigenvalue weighted by Gasteiger charge is 2.38. The van der Waals surface area contributed by atoms with Crippen LogP contribution in [0.15, 0.2) is 42.5 Å². The number of fused-ring (bicyclic) bond motifs is 1. The van der Waals surface area contributed by atoms with Gasteiger partial charge in [-0.1, -0.05) is 12.1 Å². The van der Waals surface area contributed by atoms with E-state index in [1.54, 1.807) is 11.3 Å². The molecule has 1 saturated heterocycles. The lowest BCUT2D eigenvalue weighted by Crippen LogP contribution is -2.43. The molecule has 4 rings (SSSR count). The Morgan fingerprint density at radius 1 is 1.19 bits per heavy atom. The van der Waals surface area contributed by atoms with Crippen molar-refractivity contribution >= 4 is 39.1 Å². The van der Waals surface area contributed by atoms with Crippen molar-refractivity contribution in [2.24, 2.45) is 5.92 Å². The van der Waals surface area contributed by atoms with Crippen LogP contribution in [-0.4, -0.2) is 41.2 Å². The second kappa shape index (κ2) is 9.44. The van der Waals surface area contributed by atoms with Crippen molar-refractivity contribution < 1.29 is 27.9 Å². The lowest BCUT2D eigenvalue weighted by molar-refractivity contribution is -0.192. The number of rotatable bonds is 4. The summed E-state index contributed by atoms with van der Waals surface area (Å²) in [5.41, 5.74) is 3.68. The first-order valence-electron chi connectivity index (χ1n) is 9.40. The fourth-order valence-corrected chi connectivity index (χ4v) is 3.75. The number of halogens is 3. The Kier molecular flexibility index (Phi) is 6.91. The molecule has 1 aliphatic rings. The van der Waals surface area contributed by atoms with Gasteiger partial charge in [-0.3, -0.25) is 4.79 Å². The lowest BCUT2D eigenvalue weighted by Gasteiger charge is -2.27. The molecule has 1 aromatic heterocycles. The van der Waals surface area contributed by atoms with Gasteiger partial charge in [0, 0.05) is 11.3 Å². The Morgan fingerprint density at radius 3 is 2.39 bits per heavy atom. The van der Waals surface area contributed by atoms with Crippen molar-refractivity contribution in [3.63, 3.8) is 0 Å². The van der Waals surface area contributed by atoms with E-state index in [2.05, 4.69) is 27.8 Å². The average Bonchev–Trinajstić information content (AvgIpc) is 3.04. The van der Waals surface area contributed by atoms with Crippen LogP contribution in [-0.2, 0) is 11.2 Å². The lowest BCUT2D eigenvalue weighted by atomic mass is 9.94. The molecule has 164 valence electrons. The van der Waals surface area contributed by atoms with Gasteiger partial charge in [0.1, 0.15) is 0 Å². The van der Waals surface area contributed by atoms with Crippen molar-refractivity contribution in [1.82, 2.24) is 10.3 Å². The molecule has 0 radical (unpaired) electrons. The van der Waals surface area contributed by atoms with Gasteiger partial charge in [0.15, 0.2) is 0 Å². The summed E-state index contributed by atoms with van der Waals surface area (Å²) in [5.74, 6) is -2.11.